The Hall–Kier alpha value is -6.71. The molecular formula is C117H165FO12. The molecule has 12 fully saturated rings. The van der Waals surface area contributed by atoms with Crippen LogP contribution < -0.4 is 0 Å². The number of ether oxygens (including phenoxy) is 4. The van der Waals surface area contributed by atoms with E-state index in [9.17, 15) is 45.2 Å². The third kappa shape index (κ3) is 26.1. The zero-order valence-electron chi connectivity index (χ0n) is 81.3. The second-order valence-electron chi connectivity index (χ2n) is 42.1. The van der Waals surface area contributed by atoms with Crippen molar-refractivity contribution in [2.75, 3.05) is 39.6 Å². The van der Waals surface area contributed by atoms with Crippen LogP contribution in [-0.2, 0) is 32.2 Å². The van der Waals surface area contributed by atoms with E-state index >= 15 is 0 Å². The molecule has 130 heavy (non-hydrogen) atoms. The Kier molecular flexibility index (Phi) is 38.8. The van der Waals surface area contributed by atoms with Crippen molar-refractivity contribution in [3.63, 3.8) is 0 Å². The molecule has 0 radical (unpaired) electrons. The molecule has 24 atom stereocenters. The summed E-state index contributed by atoms with van der Waals surface area (Å²) in [5, 5.41) is 80.8. The minimum Gasteiger partial charge on any atom is -0.393 e. The van der Waals surface area contributed by atoms with Crippen LogP contribution in [0.25, 0.3) is 5.57 Å². The molecule has 12 nitrogen and oxygen atoms in total. The highest BCUT2D eigenvalue weighted by Crippen LogP contribution is 2.64. The number of rotatable bonds is 24. The highest BCUT2D eigenvalue weighted by molar-refractivity contribution is 5.63. The number of hydrogen-bond acceptors (Lipinski definition) is 12. The quantitative estimate of drug-likeness (QED) is 0.0312. The molecule has 13 heteroatoms. The summed E-state index contributed by atoms with van der Waals surface area (Å²) in [7, 11) is 0. The van der Waals surface area contributed by atoms with Gasteiger partial charge in [-0.05, 0) is 333 Å². The van der Waals surface area contributed by atoms with E-state index in [0.29, 0.717) is 165 Å². The second-order valence-corrected chi connectivity index (χ2v) is 42.1. The van der Waals surface area contributed by atoms with Gasteiger partial charge in [-0.3, -0.25) is 0 Å². The van der Waals surface area contributed by atoms with E-state index in [0.717, 1.165) is 113 Å². The van der Waals surface area contributed by atoms with E-state index in [1.54, 1.807) is 23.3 Å². The Morgan fingerprint density at radius 2 is 0.685 bits per heavy atom. The van der Waals surface area contributed by atoms with Crippen molar-refractivity contribution >= 4 is 5.57 Å². The van der Waals surface area contributed by atoms with Gasteiger partial charge in [0.15, 0.2) is 0 Å². The van der Waals surface area contributed by atoms with Crippen LogP contribution in [0.2, 0.25) is 0 Å². The molecule has 0 aliphatic heterocycles. The Balaban J connectivity index is 0.000000167. The average molecular weight is 1780 g/mol. The predicted molar refractivity (Wildman–Crippen MR) is 530 cm³/mol. The fourth-order valence-corrected chi connectivity index (χ4v) is 26.6. The summed E-state index contributed by atoms with van der Waals surface area (Å²) in [6, 6.07) is 27.3. The first-order valence-corrected chi connectivity index (χ1v) is 50.3. The SMILES string of the molecule is C=C(COC[C@@H](C)[C@H]1CC[C@H]2/C(=C/C=C3/C[C@@H](O)C[C@H](O)C3=C)CCC[C@]12C)c1ccccc1.C=C1/C(=C\C=C2/CCC[C@]3(C)[C@@H]([C@H](C)COCC#CC)CC[C@@H]23)C[C@@H](O)C[C@@H]1O.C=C1/C(=C\C=C2/CCC[C@]3(C)[C@@H]([C@H](C)COCc4ccc(F)cc4)CC[C@@H]23)C[C@@H](O)C[C@@H]1O.C=C1/C(=C\C=C2/CCC[C@]3(C)[C@@H]([C@H](C)COCc4ccccc4)CC[C@@H]23)C[C@@H](O)C[C@@H]1O.CC. The van der Waals surface area contributed by atoms with Crippen molar-refractivity contribution < 1.29 is 64.2 Å². The van der Waals surface area contributed by atoms with Gasteiger partial charge >= 0.3 is 0 Å². The Bertz CT molecular complexity index is 4570. The second kappa shape index (κ2) is 48.7. The minimum atomic E-state index is -0.637. The van der Waals surface area contributed by atoms with Gasteiger partial charge in [0.25, 0.3) is 0 Å². The molecule has 12 aliphatic carbocycles. The van der Waals surface area contributed by atoms with Gasteiger partial charge in [0.2, 0.25) is 0 Å². The maximum Gasteiger partial charge on any atom is 0.123 e. The van der Waals surface area contributed by atoms with Gasteiger partial charge in [0.1, 0.15) is 12.4 Å². The maximum atomic E-state index is 13.1. The third-order valence-corrected chi connectivity index (χ3v) is 33.6. The Labute approximate surface area is 783 Å². The van der Waals surface area contributed by atoms with Gasteiger partial charge in [-0.1, -0.05) is 252 Å². The number of benzene rings is 3. The van der Waals surface area contributed by atoms with Crippen molar-refractivity contribution in [3.05, 3.63) is 256 Å². The summed E-state index contributed by atoms with van der Waals surface area (Å²) < 4.78 is 37.2. The number of allylic oxidation sites excluding steroid dienone is 12. The van der Waals surface area contributed by atoms with Crippen LogP contribution in [0.3, 0.4) is 0 Å². The van der Waals surface area contributed by atoms with Crippen LogP contribution in [0.4, 0.5) is 4.39 Å². The van der Waals surface area contributed by atoms with Gasteiger partial charge in [-0.15, -0.1) is 5.92 Å². The van der Waals surface area contributed by atoms with Crippen LogP contribution in [0.15, 0.2) is 233 Å². The third-order valence-electron chi connectivity index (χ3n) is 33.6. The maximum absolute atomic E-state index is 13.1. The molecule has 712 valence electrons. The topological polar surface area (TPSA) is 199 Å². The summed E-state index contributed by atoms with van der Waals surface area (Å²) in [6.45, 7) is 51.1. The molecule has 0 amide bonds. The molecule has 0 saturated heterocycles. The molecule has 15 rings (SSSR count). The lowest BCUT2D eigenvalue weighted by Crippen LogP contribution is -2.37. The van der Waals surface area contributed by atoms with Crippen molar-refractivity contribution in [1.82, 2.24) is 0 Å². The summed E-state index contributed by atoms with van der Waals surface area (Å²) in [5.41, 5.74) is 18.9. The fourth-order valence-electron chi connectivity index (χ4n) is 26.6. The number of hydrogen-bond donors (Lipinski definition) is 8. The number of aliphatic hydroxyl groups excluding tert-OH is 8. The molecule has 8 N–H and O–H groups in total. The van der Waals surface area contributed by atoms with Crippen LogP contribution in [0, 0.1) is 110 Å². The lowest BCUT2D eigenvalue weighted by atomic mass is 9.61. The molecule has 12 saturated carbocycles. The zero-order valence-corrected chi connectivity index (χ0v) is 81.3. The highest BCUT2D eigenvalue weighted by Gasteiger charge is 2.55. The Morgan fingerprint density at radius 1 is 0.400 bits per heavy atom. The van der Waals surface area contributed by atoms with Gasteiger partial charge in [-0.25, -0.2) is 4.39 Å². The van der Waals surface area contributed by atoms with Crippen molar-refractivity contribution in [2.24, 2.45) is 92.7 Å². The van der Waals surface area contributed by atoms with E-state index < -0.39 is 48.8 Å². The summed E-state index contributed by atoms with van der Waals surface area (Å²) >= 11 is 0. The lowest BCUT2D eigenvalue weighted by molar-refractivity contribution is 0.0277. The molecule has 12 aliphatic rings. The number of halogens is 1. The normalized spacial score (nSPS) is 35.8. The molecule has 0 heterocycles. The lowest BCUT2D eigenvalue weighted by Gasteiger charge is -2.44. The average Bonchev–Trinajstić information content (AvgIpc) is 1.62. The number of fused-ring (bicyclic) bond motifs is 4. The van der Waals surface area contributed by atoms with Gasteiger partial charge in [0, 0.05) is 45.5 Å². The molecule has 3 aromatic carbocycles. The standard InChI is InChI=1S/C31H42O3.C29H39FO3.C29H40O3.C26H38O3.C2H6/c1-21(24-9-6-5-7-10-24)19-34-20-22(2)28-14-15-29-25(11-8-16-31(28,29)4)12-13-26-17-27(32)18-30(33)23(26)3;1-19(17-33-18-21-6-10-24(30)11-7-21)26-12-13-27-22(5-4-14-29(26,27)3)8-9-23-15-25(31)16-28(32)20(23)2;1-20(18-32-19-22-8-5-4-6-9-22)26-13-14-27-23(10-7-15-29(26,27)3)11-12-24-16-25(30)17-28(31)21(24)2;1-5-6-14-29-17-18(2)23-11-12-24-20(8-7-13-26(23,24)4)9-10-21-15-22(27)16-25(28)19(21)3;1-2/h5-7,9-10,12-13,22,27-30,32-33H,1,3,8,11,14-20H2,2,4H3;6-11,19,25-28,31-32H,2,4-5,12-18H2,1,3H3;4-6,8-9,11-12,20,25-28,30-31H,2,7,10,13-19H2,1,3H3;9-10,18,22-25,27-28H,3,7-8,11-17H2,1-2,4H3;1-2H3/b25-12+,26-13-;22-8+,23-9-;23-11+,24-12-;20-9+,21-10-;/t22-,27-,28-,29+,30+,31-;19-,25-,26-,27+,28+,29-;20-,25-,26-,27+,28+,29-;18-,22-,23-,24+,25+,26-;/m1111./s1. The fraction of sp³-hybridized carbons (Fsp3) is 0.607. The molecule has 0 unspecified atom stereocenters. The summed E-state index contributed by atoms with van der Waals surface area (Å²) in [5.74, 6) is 12.9. The van der Waals surface area contributed by atoms with Crippen LogP contribution in [-0.4, -0.2) is 129 Å². The minimum absolute atomic E-state index is 0.214. The van der Waals surface area contributed by atoms with E-state index in [4.69, 9.17) is 18.9 Å². The molecular weight excluding hydrogens is 1620 g/mol. The Morgan fingerprint density at radius 3 is 0.992 bits per heavy atom. The first-order chi connectivity index (χ1) is 62.3. The summed E-state index contributed by atoms with van der Waals surface area (Å²) in [6.07, 6.45) is 41.8. The van der Waals surface area contributed by atoms with E-state index in [1.165, 1.54) is 132 Å². The van der Waals surface area contributed by atoms with Crippen LogP contribution in [0.1, 0.15) is 273 Å². The van der Waals surface area contributed by atoms with Gasteiger partial charge in [-0.2, -0.15) is 0 Å². The first-order valence-electron chi connectivity index (χ1n) is 50.3. The highest BCUT2D eigenvalue weighted by atomic mass is 19.1. The molecule has 3 aromatic rings. The van der Waals surface area contributed by atoms with E-state index in [1.807, 2.05) is 45.0 Å². The van der Waals surface area contributed by atoms with Crippen molar-refractivity contribution in [2.45, 2.75) is 318 Å². The van der Waals surface area contributed by atoms with Gasteiger partial charge in [0.05, 0.1) is 75.3 Å². The molecule has 0 spiro atoms. The largest absolute Gasteiger partial charge is 0.393 e. The van der Waals surface area contributed by atoms with E-state index in [2.05, 4.69) is 185 Å². The van der Waals surface area contributed by atoms with E-state index in [-0.39, 0.29) is 11.2 Å². The monoisotopic (exact) mass is 1780 g/mol. The predicted octanol–water partition coefficient (Wildman–Crippen LogP) is 24.4. The number of aliphatic hydroxyl groups is 8. The first kappa shape index (κ1) is 104. The summed E-state index contributed by atoms with van der Waals surface area (Å²) in [4.78, 5) is 0. The van der Waals surface area contributed by atoms with Crippen molar-refractivity contribution in [3.8, 4) is 11.8 Å². The molecule has 0 aromatic heterocycles. The molecule has 0 bridgehead atoms. The zero-order chi connectivity index (χ0) is 93.6. The smallest absolute Gasteiger partial charge is 0.123 e. The van der Waals surface area contributed by atoms with Crippen LogP contribution in [0.5, 0.6) is 0 Å². The van der Waals surface area contributed by atoms with Gasteiger partial charge < -0.3 is 59.8 Å². The van der Waals surface area contributed by atoms with Crippen LogP contribution >= 0.6 is 0 Å². The van der Waals surface area contributed by atoms with Crippen molar-refractivity contribution in [1.29, 1.82) is 0 Å².